The fourth-order valence-electron chi connectivity index (χ4n) is 1.48. The Morgan fingerprint density at radius 1 is 1.50 bits per heavy atom. The summed E-state index contributed by atoms with van der Waals surface area (Å²) < 4.78 is 26.8. The van der Waals surface area contributed by atoms with Crippen LogP contribution in [-0.2, 0) is 10.0 Å². The zero-order chi connectivity index (χ0) is 14.8. The molecule has 0 aliphatic rings. The van der Waals surface area contributed by atoms with Crippen LogP contribution in [0.4, 0.5) is 0 Å². The lowest BCUT2D eigenvalue weighted by atomic mass is 10.2. The number of aromatic amines is 1. The minimum Gasteiger partial charge on any atom is -0.207 e. The van der Waals surface area contributed by atoms with Crippen LogP contribution in [-0.4, -0.2) is 29.0 Å². The molecule has 0 radical (unpaired) electrons. The zero-order valence-corrected chi connectivity index (χ0v) is 11.8. The Balaban J connectivity index is 2.34. The molecule has 0 aliphatic heterocycles. The van der Waals surface area contributed by atoms with Gasteiger partial charge in [0.1, 0.15) is 4.90 Å². The number of benzene rings is 1. The lowest BCUT2D eigenvalue weighted by Gasteiger charge is -2.12. The van der Waals surface area contributed by atoms with Crippen LogP contribution >= 0.6 is 11.6 Å². The second kappa shape index (κ2) is 5.54. The third-order valence-corrected chi connectivity index (χ3v) is 4.45. The van der Waals surface area contributed by atoms with Gasteiger partial charge in [0, 0.05) is 0 Å². The second-order valence-electron chi connectivity index (χ2n) is 3.87. The van der Waals surface area contributed by atoms with Crippen molar-refractivity contribution >= 4 is 21.6 Å². The van der Waals surface area contributed by atoms with Gasteiger partial charge in [0.2, 0.25) is 10.0 Å². The fourth-order valence-corrected chi connectivity index (χ4v) is 3.21. The van der Waals surface area contributed by atoms with Crippen LogP contribution in [0.15, 0.2) is 23.1 Å². The number of aromatic nitrogens is 4. The van der Waals surface area contributed by atoms with Crippen LogP contribution < -0.4 is 4.72 Å². The molecule has 20 heavy (non-hydrogen) atoms. The molecule has 0 bridgehead atoms. The molecule has 0 amide bonds. The topological polar surface area (TPSA) is 124 Å². The van der Waals surface area contributed by atoms with Crippen molar-refractivity contribution in [3.05, 3.63) is 34.6 Å². The SMILES string of the molecule is CC(NS(=O)(=O)c1cc(C#N)ccc1Cl)c1nn[nH]n1. The van der Waals surface area contributed by atoms with Crippen molar-refractivity contribution in [3.8, 4) is 6.07 Å². The van der Waals surface area contributed by atoms with Crippen molar-refractivity contribution in [2.24, 2.45) is 0 Å². The largest absolute Gasteiger partial charge is 0.242 e. The van der Waals surface area contributed by atoms with E-state index in [9.17, 15) is 8.42 Å². The number of nitriles is 1. The average molecular weight is 313 g/mol. The molecule has 1 aromatic heterocycles. The molecule has 2 aromatic rings. The van der Waals surface area contributed by atoms with Gasteiger partial charge in [0.15, 0.2) is 5.82 Å². The van der Waals surface area contributed by atoms with Gasteiger partial charge in [-0.3, -0.25) is 0 Å². The number of halogens is 1. The van der Waals surface area contributed by atoms with Gasteiger partial charge in [-0.1, -0.05) is 16.8 Å². The van der Waals surface area contributed by atoms with Crippen LogP contribution in [0, 0.1) is 11.3 Å². The van der Waals surface area contributed by atoms with Crippen LogP contribution in [0.1, 0.15) is 24.4 Å². The first-order chi connectivity index (χ1) is 9.44. The first-order valence-corrected chi connectivity index (χ1v) is 7.25. The third kappa shape index (κ3) is 2.93. The monoisotopic (exact) mass is 312 g/mol. The van der Waals surface area contributed by atoms with Gasteiger partial charge in [-0.2, -0.15) is 10.5 Å². The zero-order valence-electron chi connectivity index (χ0n) is 10.2. The molecular weight excluding hydrogens is 304 g/mol. The summed E-state index contributed by atoms with van der Waals surface area (Å²) in [7, 11) is -3.90. The summed E-state index contributed by atoms with van der Waals surface area (Å²) in [6, 6.07) is 5.15. The molecule has 1 heterocycles. The van der Waals surface area contributed by atoms with E-state index in [0.717, 1.165) is 0 Å². The van der Waals surface area contributed by atoms with Gasteiger partial charge >= 0.3 is 0 Å². The standard InChI is InChI=1S/C10H9ClN6O2S/c1-6(10-13-16-17-14-10)15-20(18,19)9-4-7(5-12)2-3-8(9)11/h2-4,6,15H,1H3,(H,13,14,16,17). The number of hydrogen-bond acceptors (Lipinski definition) is 6. The van der Waals surface area contributed by atoms with Gasteiger partial charge in [-0.15, -0.1) is 10.2 Å². The summed E-state index contributed by atoms with van der Waals surface area (Å²) in [6.07, 6.45) is 0. The number of hydrogen-bond donors (Lipinski definition) is 2. The third-order valence-electron chi connectivity index (χ3n) is 2.43. The van der Waals surface area contributed by atoms with Crippen molar-refractivity contribution in [1.29, 1.82) is 5.26 Å². The summed E-state index contributed by atoms with van der Waals surface area (Å²) >= 11 is 5.87. The lowest BCUT2D eigenvalue weighted by Crippen LogP contribution is -2.28. The van der Waals surface area contributed by atoms with Crippen molar-refractivity contribution in [2.75, 3.05) is 0 Å². The minimum absolute atomic E-state index is 0.0248. The Morgan fingerprint density at radius 2 is 2.25 bits per heavy atom. The molecule has 104 valence electrons. The first-order valence-electron chi connectivity index (χ1n) is 5.39. The highest BCUT2D eigenvalue weighted by Gasteiger charge is 2.23. The molecule has 1 atom stereocenters. The first kappa shape index (κ1) is 14.4. The lowest BCUT2D eigenvalue weighted by molar-refractivity contribution is 0.560. The second-order valence-corrected chi connectivity index (χ2v) is 5.96. The Kier molecular flexibility index (Phi) is 3.99. The summed E-state index contributed by atoms with van der Waals surface area (Å²) in [6.45, 7) is 1.56. The summed E-state index contributed by atoms with van der Waals surface area (Å²) in [4.78, 5) is -0.173. The van der Waals surface area contributed by atoms with Gasteiger partial charge in [0.25, 0.3) is 0 Å². The predicted octanol–water partition coefficient (Wildman–Crippen LogP) is 0.764. The summed E-state index contributed by atoms with van der Waals surface area (Å²) in [5, 5.41) is 21.8. The molecule has 2 rings (SSSR count). The van der Waals surface area contributed by atoms with Crippen molar-refractivity contribution < 1.29 is 8.42 Å². The van der Waals surface area contributed by atoms with E-state index in [1.807, 2.05) is 6.07 Å². The predicted molar refractivity (Wildman–Crippen MR) is 69.1 cm³/mol. The highest BCUT2D eigenvalue weighted by molar-refractivity contribution is 7.89. The number of rotatable bonds is 4. The number of nitrogens with zero attached hydrogens (tertiary/aromatic N) is 4. The molecule has 0 fully saturated rings. The Hall–Kier alpha value is -2.02. The van der Waals surface area contributed by atoms with Crippen molar-refractivity contribution in [2.45, 2.75) is 17.9 Å². The van der Waals surface area contributed by atoms with E-state index in [-0.39, 0.29) is 21.3 Å². The van der Waals surface area contributed by atoms with Crippen molar-refractivity contribution in [3.63, 3.8) is 0 Å². The normalized spacial score (nSPS) is 12.8. The molecule has 10 heteroatoms. The van der Waals surface area contributed by atoms with E-state index < -0.39 is 16.1 Å². The highest BCUT2D eigenvalue weighted by atomic mass is 35.5. The van der Waals surface area contributed by atoms with Gasteiger partial charge in [-0.25, -0.2) is 13.1 Å². The quantitative estimate of drug-likeness (QED) is 0.859. The van der Waals surface area contributed by atoms with Crippen LogP contribution in [0.25, 0.3) is 0 Å². The fraction of sp³-hybridized carbons (Fsp3) is 0.200. The van der Waals surface area contributed by atoms with E-state index in [4.69, 9.17) is 16.9 Å². The smallest absolute Gasteiger partial charge is 0.207 e. The molecule has 0 aliphatic carbocycles. The Labute approximate surface area is 119 Å². The van der Waals surface area contributed by atoms with Crippen molar-refractivity contribution in [1.82, 2.24) is 25.3 Å². The minimum atomic E-state index is -3.90. The molecule has 1 aromatic carbocycles. The number of sulfonamides is 1. The Morgan fingerprint density at radius 3 is 2.85 bits per heavy atom. The van der Waals surface area contributed by atoms with E-state index in [0.29, 0.717) is 0 Å². The van der Waals surface area contributed by atoms with E-state index >= 15 is 0 Å². The van der Waals surface area contributed by atoms with E-state index in [1.165, 1.54) is 18.2 Å². The molecule has 0 saturated heterocycles. The average Bonchev–Trinajstić information content (AvgIpc) is 2.92. The molecule has 0 spiro atoms. The maximum absolute atomic E-state index is 12.2. The van der Waals surface area contributed by atoms with Gasteiger partial charge < -0.3 is 0 Å². The van der Waals surface area contributed by atoms with Gasteiger partial charge in [-0.05, 0) is 25.1 Å². The number of tetrazole rings is 1. The number of H-pyrrole nitrogens is 1. The molecule has 8 nitrogen and oxygen atoms in total. The van der Waals surface area contributed by atoms with Crippen LogP contribution in [0.3, 0.4) is 0 Å². The summed E-state index contributed by atoms with van der Waals surface area (Å²) in [5.41, 5.74) is 0.196. The number of nitrogens with one attached hydrogen (secondary N) is 2. The maximum Gasteiger partial charge on any atom is 0.242 e. The Bertz CT molecular complexity index is 753. The van der Waals surface area contributed by atoms with Crippen LogP contribution in [0.5, 0.6) is 0 Å². The van der Waals surface area contributed by atoms with E-state index in [1.54, 1.807) is 6.92 Å². The molecule has 0 saturated carbocycles. The van der Waals surface area contributed by atoms with Gasteiger partial charge in [0.05, 0.1) is 22.7 Å². The van der Waals surface area contributed by atoms with Crippen LogP contribution in [0.2, 0.25) is 5.02 Å². The summed E-state index contributed by atoms with van der Waals surface area (Å²) in [5.74, 6) is 0.195. The van der Waals surface area contributed by atoms with E-state index in [2.05, 4.69) is 25.3 Å². The molecule has 2 N–H and O–H groups in total. The molecular formula is C10H9ClN6O2S. The maximum atomic E-state index is 12.2. The highest BCUT2D eigenvalue weighted by Crippen LogP contribution is 2.23. The molecule has 1 unspecified atom stereocenters.